The van der Waals surface area contributed by atoms with Gasteiger partial charge in [-0.15, -0.1) is 0 Å². The van der Waals surface area contributed by atoms with Crippen LogP contribution in [0.1, 0.15) is 17.8 Å². The average Bonchev–Trinajstić information content (AvgIpc) is 2.75. The van der Waals surface area contributed by atoms with E-state index in [2.05, 4.69) is 15.4 Å². The first-order valence-corrected chi connectivity index (χ1v) is 5.27. The molecule has 0 amide bonds. The lowest BCUT2D eigenvalue weighted by atomic mass is 10.3. The third-order valence-corrected chi connectivity index (χ3v) is 2.52. The Kier molecular flexibility index (Phi) is 3.21. The van der Waals surface area contributed by atoms with Crippen LogP contribution in [0.4, 0.5) is 5.82 Å². The number of nitrogens with two attached hydrogens (primary N) is 1. The van der Waals surface area contributed by atoms with Crippen LogP contribution < -0.4 is 16.0 Å². The van der Waals surface area contributed by atoms with Gasteiger partial charge in [0, 0.05) is 6.42 Å². The first-order chi connectivity index (χ1) is 7.70. The van der Waals surface area contributed by atoms with Gasteiger partial charge in [0.1, 0.15) is 17.7 Å². The molecule has 2 rings (SSSR count). The minimum absolute atomic E-state index is 0.0821. The molecule has 0 spiro atoms. The van der Waals surface area contributed by atoms with Gasteiger partial charge in [-0.3, -0.25) is 0 Å². The minimum Gasteiger partial charge on any atom is -0.471 e. The van der Waals surface area contributed by atoms with Crippen molar-refractivity contribution < 1.29 is 9.47 Å². The van der Waals surface area contributed by atoms with Crippen LogP contribution in [0.25, 0.3) is 0 Å². The molecule has 88 valence electrons. The molecule has 1 unspecified atom stereocenters. The first kappa shape index (κ1) is 11.1. The van der Waals surface area contributed by atoms with Gasteiger partial charge in [-0.1, -0.05) is 0 Å². The molecule has 0 bridgehead atoms. The molecule has 1 aliphatic heterocycles. The monoisotopic (exact) mass is 224 g/mol. The number of ether oxygens (including phenoxy) is 2. The van der Waals surface area contributed by atoms with E-state index in [1.54, 1.807) is 6.92 Å². The van der Waals surface area contributed by atoms with E-state index in [4.69, 9.17) is 15.3 Å². The first-order valence-electron chi connectivity index (χ1n) is 5.27. The van der Waals surface area contributed by atoms with Crippen LogP contribution in [-0.4, -0.2) is 29.3 Å². The molecule has 0 aliphatic carbocycles. The molecule has 0 aromatic carbocycles. The van der Waals surface area contributed by atoms with Crippen LogP contribution in [0.5, 0.6) is 5.88 Å². The summed E-state index contributed by atoms with van der Waals surface area (Å²) in [5.74, 6) is 7.19. The smallest absolute Gasteiger partial charge is 0.222 e. The molecule has 6 heteroatoms. The van der Waals surface area contributed by atoms with Gasteiger partial charge in [0.2, 0.25) is 5.88 Å². The van der Waals surface area contributed by atoms with Crippen molar-refractivity contribution in [2.24, 2.45) is 5.84 Å². The number of nitrogen functional groups attached to an aromatic ring is 1. The lowest BCUT2D eigenvalue weighted by molar-refractivity contribution is 0.137. The Bertz CT molecular complexity index is 377. The summed E-state index contributed by atoms with van der Waals surface area (Å²) in [4.78, 5) is 8.43. The molecule has 1 aromatic heterocycles. The molecule has 2 heterocycles. The van der Waals surface area contributed by atoms with Gasteiger partial charge in [0.15, 0.2) is 0 Å². The van der Waals surface area contributed by atoms with Crippen LogP contribution in [0.15, 0.2) is 0 Å². The fourth-order valence-corrected chi connectivity index (χ4v) is 1.62. The Labute approximate surface area is 94.1 Å². The number of hydrogen-bond donors (Lipinski definition) is 2. The van der Waals surface area contributed by atoms with Crippen molar-refractivity contribution in [2.45, 2.75) is 26.4 Å². The third-order valence-electron chi connectivity index (χ3n) is 2.52. The Morgan fingerprint density at radius 2 is 2.25 bits per heavy atom. The number of aryl methyl sites for hydroxylation is 1. The SMILES string of the molecule is Cc1nc(NN)c(C)c(OC2CCOC2)n1. The predicted octanol–water partition coefficient (Wildman–Crippen LogP) is 0.547. The fraction of sp³-hybridized carbons (Fsp3) is 0.600. The maximum Gasteiger partial charge on any atom is 0.222 e. The largest absolute Gasteiger partial charge is 0.471 e. The van der Waals surface area contributed by atoms with Gasteiger partial charge in [-0.2, -0.15) is 4.98 Å². The highest BCUT2D eigenvalue weighted by Crippen LogP contribution is 2.23. The highest BCUT2D eigenvalue weighted by Gasteiger charge is 2.20. The quantitative estimate of drug-likeness (QED) is 0.576. The van der Waals surface area contributed by atoms with Crippen LogP contribution in [0, 0.1) is 13.8 Å². The maximum absolute atomic E-state index is 5.76. The van der Waals surface area contributed by atoms with Crippen LogP contribution in [-0.2, 0) is 4.74 Å². The Morgan fingerprint density at radius 3 is 2.88 bits per heavy atom. The van der Waals surface area contributed by atoms with Gasteiger partial charge in [0.25, 0.3) is 0 Å². The summed E-state index contributed by atoms with van der Waals surface area (Å²) in [6.07, 6.45) is 0.979. The van der Waals surface area contributed by atoms with E-state index in [0.717, 1.165) is 18.6 Å². The van der Waals surface area contributed by atoms with E-state index in [-0.39, 0.29) is 6.10 Å². The second-order valence-electron chi connectivity index (χ2n) is 3.80. The van der Waals surface area contributed by atoms with Crippen molar-refractivity contribution in [3.8, 4) is 5.88 Å². The summed E-state index contributed by atoms with van der Waals surface area (Å²) >= 11 is 0. The van der Waals surface area contributed by atoms with Crippen molar-refractivity contribution in [3.63, 3.8) is 0 Å². The lowest BCUT2D eigenvalue weighted by Gasteiger charge is -2.15. The zero-order chi connectivity index (χ0) is 11.5. The van der Waals surface area contributed by atoms with Crippen molar-refractivity contribution in [1.82, 2.24) is 9.97 Å². The molecule has 1 atom stereocenters. The maximum atomic E-state index is 5.76. The molecular weight excluding hydrogens is 208 g/mol. The van der Waals surface area contributed by atoms with Crippen molar-refractivity contribution in [1.29, 1.82) is 0 Å². The molecule has 1 aliphatic rings. The highest BCUT2D eigenvalue weighted by atomic mass is 16.5. The number of hydrazine groups is 1. The molecule has 6 nitrogen and oxygen atoms in total. The summed E-state index contributed by atoms with van der Waals surface area (Å²) in [5, 5.41) is 0. The summed E-state index contributed by atoms with van der Waals surface area (Å²) in [6, 6.07) is 0. The van der Waals surface area contributed by atoms with Crippen LogP contribution in [0.3, 0.4) is 0 Å². The summed E-state index contributed by atoms with van der Waals surface area (Å²) in [7, 11) is 0. The van der Waals surface area contributed by atoms with Gasteiger partial charge >= 0.3 is 0 Å². The van der Waals surface area contributed by atoms with Crippen molar-refractivity contribution >= 4 is 5.82 Å². The number of anilines is 1. The standard InChI is InChI=1S/C10H16N4O2/c1-6-9(14-11)12-7(2)13-10(6)16-8-3-4-15-5-8/h8H,3-5,11H2,1-2H3,(H,12,13,14). The van der Waals surface area contributed by atoms with E-state index in [1.165, 1.54) is 0 Å². The second kappa shape index (κ2) is 4.63. The van der Waals surface area contributed by atoms with Gasteiger partial charge in [-0.05, 0) is 13.8 Å². The molecule has 1 saturated heterocycles. The predicted molar refractivity (Wildman–Crippen MR) is 59.2 cm³/mol. The topological polar surface area (TPSA) is 82.3 Å². The number of rotatable bonds is 3. The van der Waals surface area contributed by atoms with Crippen molar-refractivity contribution in [3.05, 3.63) is 11.4 Å². The second-order valence-corrected chi connectivity index (χ2v) is 3.80. The summed E-state index contributed by atoms with van der Waals surface area (Å²) < 4.78 is 11.0. The zero-order valence-corrected chi connectivity index (χ0v) is 9.49. The summed E-state index contributed by atoms with van der Waals surface area (Å²) in [6.45, 7) is 5.04. The molecule has 1 aromatic rings. The normalized spacial score (nSPS) is 19.8. The number of nitrogens with one attached hydrogen (secondary N) is 1. The lowest BCUT2D eigenvalue weighted by Crippen LogP contribution is -2.19. The van der Waals surface area contributed by atoms with Crippen LogP contribution in [0.2, 0.25) is 0 Å². The molecule has 0 radical (unpaired) electrons. The molecule has 16 heavy (non-hydrogen) atoms. The number of aromatic nitrogens is 2. The fourth-order valence-electron chi connectivity index (χ4n) is 1.62. The van der Waals surface area contributed by atoms with Gasteiger partial charge in [0.05, 0.1) is 18.8 Å². The van der Waals surface area contributed by atoms with Gasteiger partial charge < -0.3 is 14.9 Å². The Morgan fingerprint density at radius 1 is 1.44 bits per heavy atom. The van der Waals surface area contributed by atoms with Gasteiger partial charge in [-0.25, -0.2) is 10.8 Å². The summed E-state index contributed by atoms with van der Waals surface area (Å²) in [5.41, 5.74) is 3.36. The molecule has 1 fully saturated rings. The average molecular weight is 224 g/mol. The van der Waals surface area contributed by atoms with Crippen molar-refractivity contribution in [2.75, 3.05) is 18.6 Å². The van der Waals surface area contributed by atoms with E-state index >= 15 is 0 Å². The van der Waals surface area contributed by atoms with Crippen LogP contribution >= 0.6 is 0 Å². The highest BCUT2D eigenvalue weighted by molar-refractivity contribution is 5.47. The minimum atomic E-state index is 0.0821. The van der Waals surface area contributed by atoms with E-state index in [9.17, 15) is 0 Å². The number of nitrogens with zero attached hydrogens (tertiary/aromatic N) is 2. The molecule has 3 N–H and O–H groups in total. The third kappa shape index (κ3) is 2.23. The Hall–Kier alpha value is -1.40. The molecular formula is C10H16N4O2. The van der Waals surface area contributed by atoms with E-state index < -0.39 is 0 Å². The van der Waals surface area contributed by atoms with E-state index in [0.29, 0.717) is 24.1 Å². The number of hydrogen-bond acceptors (Lipinski definition) is 6. The van der Waals surface area contributed by atoms with E-state index in [1.807, 2.05) is 6.92 Å². The molecule has 0 saturated carbocycles. The Balaban J connectivity index is 2.21. The zero-order valence-electron chi connectivity index (χ0n) is 9.49.